The summed E-state index contributed by atoms with van der Waals surface area (Å²) in [6, 6.07) is 7.94. The van der Waals surface area contributed by atoms with E-state index in [1.807, 2.05) is 25.1 Å². The molecule has 0 spiro atoms. The van der Waals surface area contributed by atoms with Crippen molar-refractivity contribution in [2.45, 2.75) is 26.2 Å². The number of carboxylic acids is 1. The predicted molar refractivity (Wildman–Crippen MR) is 73.1 cm³/mol. The molecule has 1 unspecified atom stereocenters. The van der Waals surface area contributed by atoms with Gasteiger partial charge in [0.15, 0.2) is 0 Å². The fourth-order valence-electron chi connectivity index (χ4n) is 2.85. The zero-order valence-electron chi connectivity index (χ0n) is 11.1. The SMILES string of the molecule is Cc1cccc(C#N)c1N1CCCC(CC(=O)O)C1. The maximum atomic E-state index is 10.8. The number of hydrogen-bond donors (Lipinski definition) is 1. The summed E-state index contributed by atoms with van der Waals surface area (Å²) in [5.74, 6) is -0.561. The lowest BCUT2D eigenvalue weighted by atomic mass is 9.93. The fraction of sp³-hybridized carbons (Fsp3) is 0.467. The lowest BCUT2D eigenvalue weighted by Gasteiger charge is -2.35. The lowest BCUT2D eigenvalue weighted by molar-refractivity contribution is -0.138. The Morgan fingerprint density at radius 2 is 2.37 bits per heavy atom. The molecule has 1 aromatic rings. The van der Waals surface area contributed by atoms with Crippen molar-refractivity contribution in [3.8, 4) is 6.07 Å². The third kappa shape index (κ3) is 3.05. The van der Waals surface area contributed by atoms with Gasteiger partial charge in [-0.25, -0.2) is 0 Å². The van der Waals surface area contributed by atoms with E-state index in [0.717, 1.165) is 37.2 Å². The van der Waals surface area contributed by atoms with Crippen LogP contribution in [0.15, 0.2) is 18.2 Å². The number of para-hydroxylation sites is 1. The van der Waals surface area contributed by atoms with E-state index >= 15 is 0 Å². The van der Waals surface area contributed by atoms with Crippen molar-refractivity contribution >= 4 is 11.7 Å². The molecule has 0 aliphatic carbocycles. The largest absolute Gasteiger partial charge is 0.481 e. The monoisotopic (exact) mass is 258 g/mol. The molecule has 1 fully saturated rings. The molecule has 1 aliphatic heterocycles. The quantitative estimate of drug-likeness (QED) is 0.905. The van der Waals surface area contributed by atoms with Gasteiger partial charge in [0.2, 0.25) is 0 Å². The molecule has 100 valence electrons. The molecule has 0 amide bonds. The highest BCUT2D eigenvalue weighted by molar-refractivity contribution is 5.68. The van der Waals surface area contributed by atoms with Crippen molar-refractivity contribution < 1.29 is 9.90 Å². The van der Waals surface area contributed by atoms with Crippen molar-refractivity contribution in [3.05, 3.63) is 29.3 Å². The van der Waals surface area contributed by atoms with Crippen molar-refractivity contribution in [1.82, 2.24) is 0 Å². The lowest BCUT2D eigenvalue weighted by Crippen LogP contribution is -2.37. The molecule has 0 saturated carbocycles. The minimum Gasteiger partial charge on any atom is -0.481 e. The Hall–Kier alpha value is -2.02. The number of nitriles is 1. The molecule has 2 rings (SSSR count). The van der Waals surface area contributed by atoms with Gasteiger partial charge in [-0.15, -0.1) is 0 Å². The normalized spacial score (nSPS) is 18.9. The predicted octanol–water partition coefficient (Wildman–Crippen LogP) is 2.56. The zero-order valence-corrected chi connectivity index (χ0v) is 11.1. The fourth-order valence-corrected chi connectivity index (χ4v) is 2.85. The van der Waals surface area contributed by atoms with Gasteiger partial charge < -0.3 is 10.0 Å². The number of nitrogens with zero attached hydrogens (tertiary/aromatic N) is 2. The summed E-state index contributed by atoms with van der Waals surface area (Å²) in [6.07, 6.45) is 2.15. The second-order valence-electron chi connectivity index (χ2n) is 5.14. The summed E-state index contributed by atoms with van der Waals surface area (Å²) in [4.78, 5) is 13.0. The number of rotatable bonds is 3. The van der Waals surface area contributed by atoms with Crippen LogP contribution in [0.5, 0.6) is 0 Å². The van der Waals surface area contributed by atoms with Crippen LogP contribution in [0.25, 0.3) is 0 Å². The minimum absolute atomic E-state index is 0.178. The molecular formula is C15H18N2O2. The molecule has 4 nitrogen and oxygen atoms in total. The Bertz CT molecular complexity index is 519. The van der Waals surface area contributed by atoms with Crippen LogP contribution in [-0.4, -0.2) is 24.2 Å². The number of carbonyl (C=O) groups is 1. The summed E-state index contributed by atoms with van der Waals surface area (Å²) in [7, 11) is 0. The van der Waals surface area contributed by atoms with E-state index in [9.17, 15) is 10.1 Å². The van der Waals surface area contributed by atoms with Crippen LogP contribution in [0.2, 0.25) is 0 Å². The van der Waals surface area contributed by atoms with Crippen molar-refractivity contribution in [2.75, 3.05) is 18.0 Å². The van der Waals surface area contributed by atoms with Gasteiger partial charge in [-0.05, 0) is 37.3 Å². The smallest absolute Gasteiger partial charge is 0.303 e. The number of carboxylic acid groups (broad SMARTS) is 1. The molecule has 1 aromatic carbocycles. The van der Waals surface area contributed by atoms with Gasteiger partial charge in [0.1, 0.15) is 6.07 Å². The van der Waals surface area contributed by atoms with Crippen LogP contribution >= 0.6 is 0 Å². The maximum absolute atomic E-state index is 10.8. The van der Waals surface area contributed by atoms with Gasteiger partial charge in [-0.1, -0.05) is 12.1 Å². The number of hydrogen-bond acceptors (Lipinski definition) is 3. The molecule has 0 aromatic heterocycles. The van der Waals surface area contributed by atoms with Gasteiger partial charge in [0, 0.05) is 19.5 Å². The first-order valence-corrected chi connectivity index (χ1v) is 6.58. The van der Waals surface area contributed by atoms with Crippen LogP contribution in [0.4, 0.5) is 5.69 Å². The van der Waals surface area contributed by atoms with Crippen molar-refractivity contribution in [2.24, 2.45) is 5.92 Å². The Balaban J connectivity index is 2.22. The summed E-state index contributed by atoms with van der Waals surface area (Å²) < 4.78 is 0. The molecule has 4 heteroatoms. The molecule has 0 bridgehead atoms. The highest BCUT2D eigenvalue weighted by Crippen LogP contribution is 2.30. The van der Waals surface area contributed by atoms with E-state index in [2.05, 4.69) is 11.0 Å². The molecule has 1 saturated heterocycles. The summed E-state index contributed by atoms with van der Waals surface area (Å²) in [6.45, 7) is 3.62. The van der Waals surface area contributed by atoms with E-state index < -0.39 is 5.97 Å². The first-order valence-electron chi connectivity index (χ1n) is 6.58. The standard InChI is InChI=1S/C15H18N2O2/c1-11-4-2-6-13(9-16)15(11)17-7-3-5-12(10-17)8-14(18)19/h2,4,6,12H,3,5,7-8,10H2,1H3,(H,18,19). The second-order valence-corrected chi connectivity index (χ2v) is 5.14. The van der Waals surface area contributed by atoms with Gasteiger partial charge >= 0.3 is 5.97 Å². The average molecular weight is 258 g/mol. The zero-order chi connectivity index (χ0) is 13.8. The first kappa shape index (κ1) is 13.4. The van der Waals surface area contributed by atoms with Crippen LogP contribution in [0.1, 0.15) is 30.4 Å². The van der Waals surface area contributed by atoms with Crippen LogP contribution in [0, 0.1) is 24.2 Å². The maximum Gasteiger partial charge on any atom is 0.303 e. The van der Waals surface area contributed by atoms with Crippen LogP contribution in [-0.2, 0) is 4.79 Å². The van der Waals surface area contributed by atoms with E-state index in [4.69, 9.17) is 5.11 Å². The van der Waals surface area contributed by atoms with Gasteiger partial charge in [-0.3, -0.25) is 4.79 Å². The van der Waals surface area contributed by atoms with Crippen molar-refractivity contribution in [3.63, 3.8) is 0 Å². The molecule has 1 heterocycles. The topological polar surface area (TPSA) is 64.3 Å². The third-order valence-corrected chi connectivity index (χ3v) is 3.66. The number of benzene rings is 1. The Morgan fingerprint density at radius 1 is 1.58 bits per heavy atom. The van der Waals surface area contributed by atoms with Gasteiger partial charge in [0.25, 0.3) is 0 Å². The Morgan fingerprint density at radius 3 is 3.05 bits per heavy atom. The number of piperidine rings is 1. The number of aryl methyl sites for hydroxylation is 1. The van der Waals surface area contributed by atoms with E-state index in [0.29, 0.717) is 5.56 Å². The molecule has 1 N–H and O–H groups in total. The molecule has 1 aliphatic rings. The first-order chi connectivity index (χ1) is 9.11. The minimum atomic E-state index is -0.739. The summed E-state index contributed by atoms with van der Waals surface area (Å²) in [5.41, 5.74) is 2.73. The highest BCUT2D eigenvalue weighted by Gasteiger charge is 2.24. The number of anilines is 1. The number of aliphatic carboxylic acids is 1. The highest BCUT2D eigenvalue weighted by atomic mass is 16.4. The molecule has 19 heavy (non-hydrogen) atoms. The summed E-state index contributed by atoms with van der Waals surface area (Å²) in [5, 5.41) is 18.1. The van der Waals surface area contributed by atoms with Gasteiger partial charge in [-0.2, -0.15) is 5.26 Å². The molecular weight excluding hydrogens is 240 g/mol. The van der Waals surface area contributed by atoms with E-state index in [1.54, 1.807) is 0 Å². The Kier molecular flexibility index (Phi) is 4.06. The third-order valence-electron chi connectivity index (χ3n) is 3.66. The molecule has 0 radical (unpaired) electrons. The van der Waals surface area contributed by atoms with Crippen LogP contribution in [0.3, 0.4) is 0 Å². The van der Waals surface area contributed by atoms with Gasteiger partial charge in [0.05, 0.1) is 11.3 Å². The average Bonchev–Trinajstić information content (AvgIpc) is 2.37. The van der Waals surface area contributed by atoms with E-state index in [-0.39, 0.29) is 12.3 Å². The summed E-state index contributed by atoms with van der Waals surface area (Å²) >= 11 is 0. The van der Waals surface area contributed by atoms with E-state index in [1.165, 1.54) is 0 Å². The Labute approximate surface area is 113 Å². The van der Waals surface area contributed by atoms with Crippen LogP contribution < -0.4 is 4.90 Å². The molecule has 1 atom stereocenters. The van der Waals surface area contributed by atoms with Crippen molar-refractivity contribution in [1.29, 1.82) is 5.26 Å². The second kappa shape index (κ2) is 5.75.